The Labute approximate surface area is 184 Å². The van der Waals surface area contributed by atoms with Crippen LogP contribution in [-0.4, -0.2) is 48.8 Å². The first-order valence-corrected chi connectivity index (χ1v) is 11.1. The average molecular weight is 442 g/mol. The Morgan fingerprint density at radius 1 is 1.16 bits per heavy atom. The molecule has 2 aromatic carbocycles. The molecule has 2 heterocycles. The highest BCUT2D eigenvalue weighted by Gasteiger charge is 2.49. The number of thioether (sulfide) groups is 1. The number of imide groups is 1. The highest BCUT2D eigenvalue weighted by molar-refractivity contribution is 7.98. The van der Waals surface area contributed by atoms with Crippen LogP contribution in [0.15, 0.2) is 47.4 Å². The molecule has 8 nitrogen and oxygen atoms in total. The molecule has 0 bridgehead atoms. The van der Waals surface area contributed by atoms with Crippen molar-refractivity contribution < 1.29 is 23.9 Å². The van der Waals surface area contributed by atoms with Crippen LogP contribution in [0.25, 0.3) is 0 Å². The van der Waals surface area contributed by atoms with E-state index in [2.05, 4.69) is 10.6 Å². The maximum Gasteiger partial charge on any atom is 0.325 e. The molecule has 1 fully saturated rings. The van der Waals surface area contributed by atoms with Gasteiger partial charge in [0, 0.05) is 17.0 Å². The van der Waals surface area contributed by atoms with Crippen molar-refractivity contribution >= 4 is 35.3 Å². The Kier molecular flexibility index (Phi) is 5.77. The smallest absolute Gasteiger partial charge is 0.325 e. The van der Waals surface area contributed by atoms with E-state index in [0.717, 1.165) is 16.2 Å². The lowest BCUT2D eigenvalue weighted by Gasteiger charge is -2.23. The van der Waals surface area contributed by atoms with Crippen molar-refractivity contribution in [3.63, 3.8) is 0 Å². The number of carbonyl (C=O) groups is 3. The summed E-state index contributed by atoms with van der Waals surface area (Å²) in [4.78, 5) is 40.1. The number of amides is 4. The van der Waals surface area contributed by atoms with E-state index < -0.39 is 23.4 Å². The van der Waals surface area contributed by atoms with Gasteiger partial charge < -0.3 is 20.1 Å². The zero-order chi connectivity index (χ0) is 22.0. The van der Waals surface area contributed by atoms with Crippen LogP contribution in [0.4, 0.5) is 10.5 Å². The summed E-state index contributed by atoms with van der Waals surface area (Å²) in [5.41, 5.74) is -0.138. The predicted molar refractivity (Wildman–Crippen MR) is 116 cm³/mol. The molecule has 0 aliphatic carbocycles. The molecule has 0 radical (unpaired) electrons. The molecule has 2 aliphatic rings. The molecule has 1 unspecified atom stereocenters. The van der Waals surface area contributed by atoms with E-state index in [4.69, 9.17) is 9.47 Å². The molecule has 4 rings (SSSR count). The van der Waals surface area contributed by atoms with Crippen molar-refractivity contribution in [1.82, 2.24) is 10.2 Å². The minimum atomic E-state index is -1.30. The van der Waals surface area contributed by atoms with E-state index in [1.165, 1.54) is 0 Å². The summed E-state index contributed by atoms with van der Waals surface area (Å²) in [6, 6.07) is 11.9. The number of ether oxygens (including phenoxy) is 2. The Morgan fingerprint density at radius 2 is 1.94 bits per heavy atom. The molecular weight excluding hydrogens is 418 g/mol. The Balaban J connectivity index is 1.50. The maximum atomic E-state index is 13.1. The van der Waals surface area contributed by atoms with E-state index in [9.17, 15) is 14.4 Å². The number of fused-ring (bicyclic) bond motifs is 1. The highest BCUT2D eigenvalue weighted by Crippen LogP contribution is 2.36. The van der Waals surface area contributed by atoms with E-state index in [-0.39, 0.29) is 6.54 Å². The zero-order valence-electron chi connectivity index (χ0n) is 17.3. The first-order valence-electron chi connectivity index (χ1n) is 9.89. The summed E-state index contributed by atoms with van der Waals surface area (Å²) in [6.07, 6.45) is 2.70. The Hall–Kier alpha value is -3.20. The van der Waals surface area contributed by atoms with Crippen LogP contribution in [0.2, 0.25) is 0 Å². The normalized spacial score (nSPS) is 20.3. The monoisotopic (exact) mass is 441 g/mol. The van der Waals surface area contributed by atoms with Gasteiger partial charge in [-0.15, -0.1) is 11.8 Å². The third kappa shape index (κ3) is 4.18. The lowest BCUT2D eigenvalue weighted by molar-refractivity contribution is -0.133. The van der Waals surface area contributed by atoms with Gasteiger partial charge in [-0.1, -0.05) is 12.1 Å². The summed E-state index contributed by atoms with van der Waals surface area (Å²) < 4.78 is 11.3. The fourth-order valence-electron chi connectivity index (χ4n) is 3.56. The number of benzene rings is 2. The zero-order valence-corrected chi connectivity index (χ0v) is 18.1. The summed E-state index contributed by atoms with van der Waals surface area (Å²) in [7, 11) is 0. The number of urea groups is 1. The molecule has 2 N–H and O–H groups in total. The fraction of sp³-hybridized carbons (Fsp3) is 0.318. The van der Waals surface area contributed by atoms with Gasteiger partial charge in [0.25, 0.3) is 5.91 Å². The molecule has 4 amide bonds. The van der Waals surface area contributed by atoms with Gasteiger partial charge in [0.2, 0.25) is 5.91 Å². The molecule has 31 heavy (non-hydrogen) atoms. The second kappa shape index (κ2) is 8.50. The van der Waals surface area contributed by atoms with Crippen LogP contribution in [0.3, 0.4) is 0 Å². The van der Waals surface area contributed by atoms with Gasteiger partial charge in [0.05, 0.1) is 13.2 Å². The third-order valence-corrected chi connectivity index (χ3v) is 5.98. The second-order valence-corrected chi connectivity index (χ2v) is 8.32. The second-order valence-electron chi connectivity index (χ2n) is 7.44. The SMILES string of the molecule is CSc1cccc(NC(=O)CN2C(=O)NC(C)(c3ccc4c(c3)OCCCO4)C2=O)c1. The molecule has 162 valence electrons. The summed E-state index contributed by atoms with van der Waals surface area (Å²) >= 11 is 1.55. The number of anilines is 1. The van der Waals surface area contributed by atoms with Crippen LogP contribution >= 0.6 is 11.8 Å². The first-order chi connectivity index (χ1) is 14.9. The lowest BCUT2D eigenvalue weighted by atomic mass is 9.91. The molecule has 2 aromatic rings. The molecule has 2 aliphatic heterocycles. The van der Waals surface area contributed by atoms with E-state index in [1.807, 2.05) is 24.5 Å². The first kappa shape index (κ1) is 21.0. The van der Waals surface area contributed by atoms with Crippen molar-refractivity contribution in [3.05, 3.63) is 48.0 Å². The lowest BCUT2D eigenvalue weighted by Crippen LogP contribution is -2.42. The molecule has 1 saturated heterocycles. The molecule has 9 heteroatoms. The molecule has 1 atom stereocenters. The number of rotatable bonds is 5. The maximum absolute atomic E-state index is 13.1. The van der Waals surface area contributed by atoms with Crippen molar-refractivity contribution in [3.8, 4) is 11.5 Å². The molecule has 0 spiro atoms. The minimum absolute atomic E-state index is 0.381. The van der Waals surface area contributed by atoms with Gasteiger partial charge in [-0.2, -0.15) is 0 Å². The van der Waals surface area contributed by atoms with Gasteiger partial charge in [0.15, 0.2) is 11.5 Å². The number of nitrogens with one attached hydrogen (secondary N) is 2. The number of hydrogen-bond acceptors (Lipinski definition) is 6. The molecule has 0 saturated carbocycles. The number of hydrogen-bond donors (Lipinski definition) is 2. The Bertz CT molecular complexity index is 1040. The topological polar surface area (TPSA) is 97.0 Å². The molecule has 0 aromatic heterocycles. The summed E-state index contributed by atoms with van der Waals surface area (Å²) in [5.74, 6) is 0.179. The van der Waals surface area contributed by atoms with E-state index in [0.29, 0.717) is 36.0 Å². The van der Waals surface area contributed by atoms with E-state index in [1.54, 1.807) is 43.0 Å². The van der Waals surface area contributed by atoms with Gasteiger partial charge in [-0.3, -0.25) is 14.5 Å². The number of carbonyl (C=O) groups excluding carboxylic acids is 3. The molecular formula is C22H23N3O5S. The van der Waals surface area contributed by atoms with Gasteiger partial charge in [-0.05, 0) is 49.1 Å². The van der Waals surface area contributed by atoms with Crippen LogP contribution in [0, 0.1) is 0 Å². The standard InChI is InChI=1S/C22H23N3O5S/c1-22(14-7-8-17-18(11-14)30-10-4-9-29-17)20(27)25(21(28)24-22)13-19(26)23-15-5-3-6-16(12-15)31-2/h3,5-8,11-12H,4,9-10,13H2,1-2H3,(H,23,26)(H,24,28). The summed E-state index contributed by atoms with van der Waals surface area (Å²) in [6.45, 7) is 2.31. The van der Waals surface area contributed by atoms with Crippen molar-refractivity contribution in [2.45, 2.75) is 23.8 Å². The van der Waals surface area contributed by atoms with Gasteiger partial charge in [0.1, 0.15) is 12.1 Å². The van der Waals surface area contributed by atoms with E-state index >= 15 is 0 Å². The van der Waals surface area contributed by atoms with Crippen LogP contribution in [0.1, 0.15) is 18.9 Å². The largest absolute Gasteiger partial charge is 0.490 e. The quantitative estimate of drug-likeness (QED) is 0.547. The van der Waals surface area contributed by atoms with Crippen LogP contribution < -0.4 is 20.1 Å². The van der Waals surface area contributed by atoms with Crippen LogP contribution in [-0.2, 0) is 15.1 Å². The third-order valence-electron chi connectivity index (χ3n) is 5.26. The number of nitrogens with zero attached hydrogens (tertiary/aromatic N) is 1. The fourth-order valence-corrected chi connectivity index (χ4v) is 4.01. The van der Waals surface area contributed by atoms with Crippen molar-refractivity contribution in [2.75, 3.05) is 31.3 Å². The van der Waals surface area contributed by atoms with Crippen molar-refractivity contribution in [2.24, 2.45) is 0 Å². The van der Waals surface area contributed by atoms with Crippen LogP contribution in [0.5, 0.6) is 11.5 Å². The Morgan fingerprint density at radius 3 is 2.71 bits per heavy atom. The van der Waals surface area contributed by atoms with Crippen molar-refractivity contribution in [1.29, 1.82) is 0 Å². The average Bonchev–Trinajstić information content (AvgIpc) is 2.93. The van der Waals surface area contributed by atoms with Gasteiger partial charge in [-0.25, -0.2) is 4.79 Å². The summed E-state index contributed by atoms with van der Waals surface area (Å²) in [5, 5.41) is 5.45. The van der Waals surface area contributed by atoms with Gasteiger partial charge >= 0.3 is 6.03 Å². The predicted octanol–water partition coefficient (Wildman–Crippen LogP) is 2.98. The highest BCUT2D eigenvalue weighted by atomic mass is 32.2. The minimum Gasteiger partial charge on any atom is -0.490 e.